The minimum atomic E-state index is -0.465. The third-order valence-corrected chi connectivity index (χ3v) is 2.85. The molecule has 0 amide bonds. The first kappa shape index (κ1) is 9.75. The fourth-order valence-electron chi connectivity index (χ4n) is 0.853. The van der Waals surface area contributed by atoms with Crippen molar-refractivity contribution in [3.05, 3.63) is 35.9 Å². The number of rotatable bonds is 3. The van der Waals surface area contributed by atoms with Crippen molar-refractivity contribution in [3.8, 4) is 0 Å². The molecule has 1 nitrogen and oxygen atoms in total. The predicted octanol–water partition coefficient (Wildman–Crippen LogP) is 2.87. The van der Waals surface area contributed by atoms with Gasteiger partial charge in [-0.2, -0.15) is 0 Å². The number of alkyl halides is 2. The van der Waals surface area contributed by atoms with Crippen LogP contribution in [0, 0.1) is 0 Å². The van der Waals surface area contributed by atoms with Crippen molar-refractivity contribution in [2.75, 3.05) is 5.33 Å². The second kappa shape index (κ2) is 4.63. The molecule has 0 fully saturated rings. The van der Waals surface area contributed by atoms with Crippen LogP contribution in [0.15, 0.2) is 30.3 Å². The van der Waals surface area contributed by atoms with Gasteiger partial charge in [-0.3, -0.25) is 4.79 Å². The predicted molar refractivity (Wildman–Crippen MR) is 54.2 cm³/mol. The molecule has 0 spiro atoms. The summed E-state index contributed by atoms with van der Waals surface area (Å²) in [6.07, 6.45) is 0. The average molecular weight is 248 g/mol. The molecule has 1 atom stereocenters. The third-order valence-electron chi connectivity index (χ3n) is 1.48. The lowest BCUT2D eigenvalue weighted by atomic mass is 10.1. The van der Waals surface area contributed by atoms with Crippen LogP contribution < -0.4 is 0 Å². The van der Waals surface area contributed by atoms with E-state index < -0.39 is 5.38 Å². The van der Waals surface area contributed by atoms with Crippen LogP contribution in [0.5, 0.6) is 0 Å². The number of carbonyl (C=O) groups is 1. The first-order valence-electron chi connectivity index (χ1n) is 3.55. The molecule has 0 aliphatic heterocycles. The van der Waals surface area contributed by atoms with Gasteiger partial charge in [0, 0.05) is 10.9 Å². The summed E-state index contributed by atoms with van der Waals surface area (Å²) in [6, 6.07) is 9.05. The van der Waals surface area contributed by atoms with Crippen molar-refractivity contribution >= 4 is 33.3 Å². The normalized spacial score (nSPS) is 12.5. The smallest absolute Gasteiger partial charge is 0.181 e. The molecule has 1 aromatic carbocycles. The zero-order chi connectivity index (χ0) is 8.97. The highest BCUT2D eigenvalue weighted by atomic mass is 79.9. The van der Waals surface area contributed by atoms with E-state index in [1.807, 2.05) is 18.2 Å². The number of Topliss-reactive ketones (excluding diaryl/α,β-unsaturated/α-hetero) is 1. The molecule has 0 N–H and O–H groups in total. The number of hydrogen-bond acceptors (Lipinski definition) is 1. The fraction of sp³-hybridized carbons (Fsp3) is 0.222. The van der Waals surface area contributed by atoms with Gasteiger partial charge in [-0.05, 0) is 0 Å². The molecule has 12 heavy (non-hydrogen) atoms. The Morgan fingerprint density at radius 3 is 2.50 bits per heavy atom. The quantitative estimate of drug-likeness (QED) is 0.593. The standard InChI is InChI=1S/C9H8BrClO/c10-6-8(11)9(12)7-4-2-1-3-5-7/h1-5,8H,6H2. The zero-order valence-electron chi connectivity index (χ0n) is 6.34. The second-order valence-electron chi connectivity index (χ2n) is 2.35. The van der Waals surface area contributed by atoms with E-state index in [2.05, 4.69) is 15.9 Å². The Kier molecular flexibility index (Phi) is 3.76. The highest BCUT2D eigenvalue weighted by Gasteiger charge is 2.14. The Bertz CT molecular complexity index is 260. The molecule has 3 heteroatoms. The number of carbonyl (C=O) groups excluding carboxylic acids is 1. The van der Waals surface area contributed by atoms with Gasteiger partial charge in [0.1, 0.15) is 5.38 Å². The van der Waals surface area contributed by atoms with E-state index in [4.69, 9.17) is 11.6 Å². The van der Waals surface area contributed by atoms with E-state index in [0.29, 0.717) is 10.9 Å². The summed E-state index contributed by atoms with van der Waals surface area (Å²) in [7, 11) is 0. The molecule has 0 aliphatic carbocycles. The van der Waals surface area contributed by atoms with Crippen molar-refractivity contribution in [2.24, 2.45) is 0 Å². The van der Waals surface area contributed by atoms with E-state index in [1.165, 1.54) is 0 Å². The van der Waals surface area contributed by atoms with E-state index >= 15 is 0 Å². The summed E-state index contributed by atoms with van der Waals surface area (Å²) in [6.45, 7) is 0. The maximum Gasteiger partial charge on any atom is 0.181 e. The summed E-state index contributed by atoms with van der Waals surface area (Å²) < 4.78 is 0. The summed E-state index contributed by atoms with van der Waals surface area (Å²) in [5, 5.41) is 0.0230. The SMILES string of the molecule is O=C(c1ccccc1)C(Cl)CBr. The summed E-state index contributed by atoms with van der Waals surface area (Å²) in [5.41, 5.74) is 0.664. The molecule has 1 unspecified atom stereocenters. The van der Waals surface area contributed by atoms with Crippen molar-refractivity contribution in [3.63, 3.8) is 0 Å². The van der Waals surface area contributed by atoms with Gasteiger partial charge in [0.25, 0.3) is 0 Å². The lowest BCUT2D eigenvalue weighted by molar-refractivity contribution is 0.0993. The Labute approximate surface area is 84.9 Å². The lowest BCUT2D eigenvalue weighted by Gasteiger charge is -2.03. The number of halogens is 2. The van der Waals surface area contributed by atoms with Crippen molar-refractivity contribution in [1.82, 2.24) is 0 Å². The van der Waals surface area contributed by atoms with Crippen molar-refractivity contribution in [2.45, 2.75) is 5.38 Å². The van der Waals surface area contributed by atoms with Crippen LogP contribution in [-0.2, 0) is 0 Å². The molecule has 0 saturated heterocycles. The molecular weight excluding hydrogens is 239 g/mol. The van der Waals surface area contributed by atoms with Gasteiger partial charge in [-0.25, -0.2) is 0 Å². The first-order chi connectivity index (χ1) is 5.75. The summed E-state index contributed by atoms with van der Waals surface area (Å²) in [5.74, 6) is -0.0332. The van der Waals surface area contributed by atoms with Gasteiger partial charge < -0.3 is 0 Å². The van der Waals surface area contributed by atoms with Crippen molar-refractivity contribution in [1.29, 1.82) is 0 Å². The van der Waals surface area contributed by atoms with Gasteiger partial charge in [-0.1, -0.05) is 46.3 Å². The minimum Gasteiger partial charge on any atom is -0.292 e. The molecule has 1 aromatic rings. The lowest BCUT2D eigenvalue weighted by Crippen LogP contribution is -2.15. The van der Waals surface area contributed by atoms with Crippen molar-refractivity contribution < 1.29 is 4.79 Å². The molecule has 0 saturated carbocycles. The summed E-state index contributed by atoms with van der Waals surface area (Å²) in [4.78, 5) is 11.4. The van der Waals surface area contributed by atoms with Crippen LogP contribution in [0.25, 0.3) is 0 Å². The monoisotopic (exact) mass is 246 g/mol. The molecule has 0 heterocycles. The molecular formula is C9H8BrClO. The van der Waals surface area contributed by atoms with Gasteiger partial charge in [-0.15, -0.1) is 11.6 Å². The zero-order valence-corrected chi connectivity index (χ0v) is 8.68. The molecule has 64 valence electrons. The number of hydrogen-bond donors (Lipinski definition) is 0. The highest BCUT2D eigenvalue weighted by molar-refractivity contribution is 9.09. The Morgan fingerprint density at radius 1 is 1.42 bits per heavy atom. The van der Waals surface area contributed by atoms with Crippen LogP contribution in [0.2, 0.25) is 0 Å². The van der Waals surface area contributed by atoms with Gasteiger partial charge >= 0.3 is 0 Å². The fourth-order valence-corrected chi connectivity index (χ4v) is 1.27. The number of ketones is 1. The van der Waals surface area contributed by atoms with E-state index in [9.17, 15) is 4.79 Å². The van der Waals surface area contributed by atoms with E-state index in [0.717, 1.165) is 0 Å². The van der Waals surface area contributed by atoms with Crippen LogP contribution >= 0.6 is 27.5 Å². The maximum absolute atomic E-state index is 11.4. The molecule has 1 rings (SSSR count). The maximum atomic E-state index is 11.4. The Hall–Kier alpha value is -0.340. The molecule has 0 radical (unpaired) electrons. The minimum absolute atomic E-state index is 0.0332. The van der Waals surface area contributed by atoms with Gasteiger partial charge in [0.15, 0.2) is 5.78 Å². The number of benzene rings is 1. The van der Waals surface area contributed by atoms with Gasteiger partial charge in [0.05, 0.1) is 0 Å². The van der Waals surface area contributed by atoms with Crippen LogP contribution in [0.3, 0.4) is 0 Å². The van der Waals surface area contributed by atoms with Crippen LogP contribution in [0.4, 0.5) is 0 Å². The van der Waals surface area contributed by atoms with Gasteiger partial charge in [0.2, 0.25) is 0 Å². The third kappa shape index (κ3) is 2.32. The molecule has 0 aliphatic rings. The Balaban J connectivity index is 2.79. The second-order valence-corrected chi connectivity index (χ2v) is 3.53. The average Bonchev–Trinajstić information content (AvgIpc) is 2.17. The first-order valence-corrected chi connectivity index (χ1v) is 5.11. The van der Waals surface area contributed by atoms with E-state index in [1.54, 1.807) is 12.1 Å². The van der Waals surface area contributed by atoms with Crippen LogP contribution in [-0.4, -0.2) is 16.5 Å². The topological polar surface area (TPSA) is 17.1 Å². The Morgan fingerprint density at radius 2 is 2.00 bits per heavy atom. The molecule has 0 bridgehead atoms. The summed E-state index contributed by atoms with van der Waals surface area (Å²) >= 11 is 8.91. The molecule has 0 aromatic heterocycles. The van der Waals surface area contributed by atoms with Crippen LogP contribution in [0.1, 0.15) is 10.4 Å². The highest BCUT2D eigenvalue weighted by Crippen LogP contribution is 2.09. The largest absolute Gasteiger partial charge is 0.292 e. The van der Waals surface area contributed by atoms with E-state index in [-0.39, 0.29) is 5.78 Å².